The summed E-state index contributed by atoms with van der Waals surface area (Å²) in [4.78, 5) is 34.9. The van der Waals surface area contributed by atoms with Gasteiger partial charge in [-0.25, -0.2) is 0 Å². The van der Waals surface area contributed by atoms with Gasteiger partial charge >= 0.3 is 0 Å². The molecule has 0 bridgehead atoms. The highest BCUT2D eigenvalue weighted by molar-refractivity contribution is 6.04. The molecule has 67 heavy (non-hydrogen) atoms. The first kappa shape index (κ1) is 48.1. The maximum Gasteiger partial charge on any atom is 0.256 e. The van der Waals surface area contributed by atoms with Crippen molar-refractivity contribution < 1.29 is 23.8 Å². The lowest BCUT2D eigenvalue weighted by Gasteiger charge is -2.39. The van der Waals surface area contributed by atoms with Crippen LogP contribution in [0.15, 0.2) is 97.1 Å². The second-order valence-corrected chi connectivity index (χ2v) is 17.7. The zero-order valence-electron chi connectivity index (χ0n) is 40.2. The number of ether oxygens (including phenoxy) is 3. The predicted molar refractivity (Wildman–Crippen MR) is 267 cm³/mol. The third-order valence-corrected chi connectivity index (χ3v) is 12.8. The van der Waals surface area contributed by atoms with Gasteiger partial charge in [0.05, 0.1) is 21.3 Å². The van der Waals surface area contributed by atoms with Crippen molar-refractivity contribution in [2.24, 2.45) is 0 Å². The summed E-state index contributed by atoms with van der Waals surface area (Å²) in [7, 11) is 9.29. The van der Waals surface area contributed by atoms with E-state index in [-0.39, 0.29) is 11.8 Å². The molecule has 4 heterocycles. The lowest BCUT2D eigenvalue weighted by Crippen LogP contribution is -2.50. The summed E-state index contributed by atoms with van der Waals surface area (Å²) < 4.78 is 16.0. The molecule has 354 valence electrons. The fourth-order valence-corrected chi connectivity index (χ4v) is 8.35. The molecule has 2 fully saturated rings. The molecule has 15 heteroatoms. The van der Waals surface area contributed by atoms with E-state index in [2.05, 4.69) is 97.6 Å². The van der Waals surface area contributed by atoms with Gasteiger partial charge < -0.3 is 44.4 Å². The molecule has 0 aliphatic carbocycles. The van der Waals surface area contributed by atoms with E-state index < -0.39 is 0 Å². The second-order valence-electron chi connectivity index (χ2n) is 17.7. The Morgan fingerprint density at radius 3 is 1.37 bits per heavy atom. The van der Waals surface area contributed by atoms with Crippen LogP contribution in [0, 0.1) is 6.92 Å². The summed E-state index contributed by atoms with van der Waals surface area (Å²) >= 11 is 0. The molecule has 4 N–H and O–H groups in total. The van der Waals surface area contributed by atoms with Crippen LogP contribution >= 0.6 is 0 Å². The van der Waals surface area contributed by atoms with E-state index >= 15 is 0 Å². The van der Waals surface area contributed by atoms with E-state index in [0.717, 1.165) is 111 Å². The molecule has 2 amide bonds. The molecule has 2 aliphatic heterocycles. The molecule has 0 radical (unpaired) electrons. The van der Waals surface area contributed by atoms with Crippen LogP contribution in [0.2, 0.25) is 0 Å². The normalized spacial score (nSPS) is 16.5. The molecule has 2 aromatic heterocycles. The minimum absolute atomic E-state index is 0.158. The molecule has 0 saturated carbocycles. The monoisotopic (exact) mass is 911 g/mol. The SMILES string of the molecule is COc1cc(C)cc(CCc2cc(NC(=O)c3ccc(N4CCN(C)[C@@H](C)C4)cc3)n[nH]2)c1.COc1cc(CCc2cc(NC(=O)c3ccc(N4CCN(C)[C@H](C)C4)cc3)n[nH]2)cc(OC)c1. The van der Waals surface area contributed by atoms with Crippen molar-refractivity contribution in [2.45, 2.75) is 58.5 Å². The Hall–Kier alpha value is -6.84. The van der Waals surface area contributed by atoms with Crippen LogP contribution in [0.3, 0.4) is 0 Å². The predicted octanol–water partition coefficient (Wildman–Crippen LogP) is 7.51. The number of likely N-dealkylation sites (N-methyl/N-ethyl adjacent to an activating group) is 2. The Balaban J connectivity index is 0.000000199. The average Bonchev–Trinajstić information content (AvgIpc) is 4.00. The van der Waals surface area contributed by atoms with Gasteiger partial charge in [-0.3, -0.25) is 19.8 Å². The zero-order valence-corrected chi connectivity index (χ0v) is 40.2. The maximum atomic E-state index is 12.7. The lowest BCUT2D eigenvalue weighted by molar-refractivity contribution is 0.101. The standard InChI is InChI=1S/C26H33N5O3.C26H33N5O2/c1-18-17-31(12-11-30(18)2)22-9-6-20(7-10-22)26(32)27-25-15-21(28-29-25)8-5-19-13-23(33-3)16-24(14-19)34-4;1-18-13-20(15-24(14-18)33-4)5-8-22-16-25(29-28-22)27-26(32)21-6-9-23(10-7-21)31-12-11-30(3)19(2)17-31/h6-7,9-10,13-16,18H,5,8,11-12,17H2,1-4H3,(H2,27,28,29,32);6-7,9-10,13-16,19H,5,8,11-12,17H2,1-4H3,(H2,27,28,29,32)/t18-;19-/m10/s1. The Bertz CT molecular complexity index is 2530. The van der Waals surface area contributed by atoms with E-state index in [1.165, 1.54) is 11.1 Å². The number of carbonyl (C=O) groups is 2. The van der Waals surface area contributed by atoms with E-state index in [1.54, 1.807) is 21.3 Å². The molecule has 0 unspecified atom stereocenters. The quantitative estimate of drug-likeness (QED) is 0.0809. The second kappa shape index (κ2) is 22.6. The number of rotatable bonds is 15. The number of hydrogen-bond donors (Lipinski definition) is 4. The van der Waals surface area contributed by atoms with Gasteiger partial charge in [0, 0.05) is 103 Å². The number of benzene rings is 4. The van der Waals surface area contributed by atoms with Gasteiger partial charge in [0.25, 0.3) is 11.8 Å². The molecule has 8 rings (SSSR count). The van der Waals surface area contributed by atoms with E-state index in [9.17, 15) is 9.59 Å². The number of amides is 2. The number of aryl methyl sites for hydroxylation is 5. The molecule has 2 atom stereocenters. The van der Waals surface area contributed by atoms with Crippen LogP contribution in [-0.2, 0) is 25.7 Å². The van der Waals surface area contributed by atoms with E-state index in [1.807, 2.05) is 84.9 Å². The van der Waals surface area contributed by atoms with E-state index in [0.29, 0.717) is 34.8 Å². The highest BCUT2D eigenvalue weighted by atomic mass is 16.5. The summed E-state index contributed by atoms with van der Waals surface area (Å²) in [6.07, 6.45) is 3.19. The molecular weight excluding hydrogens is 845 g/mol. The Kier molecular flexibility index (Phi) is 16.2. The molecule has 2 saturated heterocycles. The van der Waals surface area contributed by atoms with Gasteiger partial charge in [-0.05, 0) is 150 Å². The van der Waals surface area contributed by atoms with Gasteiger partial charge in [-0.2, -0.15) is 10.2 Å². The van der Waals surface area contributed by atoms with Crippen molar-refractivity contribution >= 4 is 34.8 Å². The molecule has 0 spiro atoms. The molecule has 4 aromatic carbocycles. The van der Waals surface area contributed by atoms with Crippen LogP contribution in [0.25, 0.3) is 0 Å². The molecule has 6 aromatic rings. The van der Waals surface area contributed by atoms with Crippen LogP contribution in [0.1, 0.15) is 62.6 Å². The highest BCUT2D eigenvalue weighted by Gasteiger charge is 2.22. The number of nitrogens with one attached hydrogen (secondary N) is 4. The minimum Gasteiger partial charge on any atom is -0.497 e. The summed E-state index contributed by atoms with van der Waals surface area (Å²) in [6.45, 7) is 12.6. The summed E-state index contributed by atoms with van der Waals surface area (Å²) in [5.41, 5.74) is 8.94. The van der Waals surface area contributed by atoms with Crippen LogP contribution < -0.4 is 34.6 Å². The zero-order chi connectivity index (χ0) is 47.5. The number of aromatic nitrogens is 4. The van der Waals surface area contributed by atoms with Crippen molar-refractivity contribution in [3.63, 3.8) is 0 Å². The molecule has 2 aliphatic rings. The smallest absolute Gasteiger partial charge is 0.256 e. The first-order chi connectivity index (χ1) is 32.4. The van der Waals surface area contributed by atoms with Gasteiger partial charge in [0.15, 0.2) is 11.6 Å². The average molecular weight is 911 g/mol. The van der Waals surface area contributed by atoms with Crippen molar-refractivity contribution in [1.29, 1.82) is 0 Å². The van der Waals surface area contributed by atoms with Crippen molar-refractivity contribution in [2.75, 3.05) is 95.1 Å². The number of nitrogens with zero attached hydrogens (tertiary/aromatic N) is 6. The number of aromatic amines is 2. The van der Waals surface area contributed by atoms with Gasteiger partial charge in [0.1, 0.15) is 17.2 Å². The van der Waals surface area contributed by atoms with Gasteiger partial charge in [0.2, 0.25) is 0 Å². The van der Waals surface area contributed by atoms with Crippen molar-refractivity contribution in [3.8, 4) is 17.2 Å². The first-order valence-corrected chi connectivity index (χ1v) is 23.0. The third-order valence-electron chi connectivity index (χ3n) is 12.8. The first-order valence-electron chi connectivity index (χ1n) is 23.0. The van der Waals surface area contributed by atoms with Gasteiger partial charge in [-0.1, -0.05) is 6.07 Å². The highest BCUT2D eigenvalue weighted by Crippen LogP contribution is 2.25. The number of H-pyrrole nitrogens is 2. The number of methoxy groups -OCH3 is 3. The van der Waals surface area contributed by atoms with Crippen LogP contribution in [-0.4, -0.2) is 129 Å². The van der Waals surface area contributed by atoms with E-state index in [4.69, 9.17) is 14.2 Å². The number of carbonyl (C=O) groups excluding carboxylic acids is 2. The fourth-order valence-electron chi connectivity index (χ4n) is 8.35. The molecular formula is C52H66N10O5. The van der Waals surface area contributed by atoms with Crippen LogP contribution in [0.5, 0.6) is 17.2 Å². The van der Waals surface area contributed by atoms with Crippen LogP contribution in [0.4, 0.5) is 23.0 Å². The third kappa shape index (κ3) is 13.2. The Labute approximate surface area is 394 Å². The summed E-state index contributed by atoms with van der Waals surface area (Å²) in [5.74, 6) is 3.12. The number of piperazine rings is 2. The van der Waals surface area contributed by atoms with Crippen molar-refractivity contribution in [1.82, 2.24) is 30.2 Å². The fraction of sp³-hybridized carbons (Fsp3) is 0.385. The topological polar surface area (TPSA) is 156 Å². The Morgan fingerprint density at radius 2 is 0.970 bits per heavy atom. The van der Waals surface area contributed by atoms with Gasteiger partial charge in [-0.15, -0.1) is 0 Å². The lowest BCUT2D eigenvalue weighted by atomic mass is 10.1. The number of hydrogen-bond acceptors (Lipinski definition) is 11. The van der Waals surface area contributed by atoms with Crippen molar-refractivity contribution in [3.05, 3.63) is 136 Å². The summed E-state index contributed by atoms with van der Waals surface area (Å²) in [6, 6.07) is 32.5. The Morgan fingerprint density at radius 1 is 0.567 bits per heavy atom. The largest absolute Gasteiger partial charge is 0.497 e. The maximum absolute atomic E-state index is 12.7. The minimum atomic E-state index is -0.172. The summed E-state index contributed by atoms with van der Waals surface area (Å²) in [5, 5.41) is 20.3. The number of anilines is 4. The molecule has 15 nitrogen and oxygen atoms in total.